The topological polar surface area (TPSA) is 29.3 Å². The quantitative estimate of drug-likeness (QED) is 0.407. The Hall–Kier alpha value is -0.0200. The van der Waals surface area contributed by atoms with Gasteiger partial charge in [0.05, 0.1) is 0 Å². The summed E-state index contributed by atoms with van der Waals surface area (Å²) in [6, 6.07) is 0. The Labute approximate surface area is 74.6 Å². The molecule has 0 aromatic rings. The fourth-order valence-corrected chi connectivity index (χ4v) is 0.406. The third-order valence-electron chi connectivity index (χ3n) is 0.727. The molecule has 0 aliphatic carbocycles. The molecule has 0 saturated carbocycles. The lowest BCUT2D eigenvalue weighted by Gasteiger charge is -2.08. The van der Waals surface area contributed by atoms with E-state index in [2.05, 4.69) is 13.2 Å². The van der Waals surface area contributed by atoms with Gasteiger partial charge >= 0.3 is 0 Å². The number of nitrogens with zero attached hydrogens (tertiary/aromatic N) is 1. The Morgan fingerprint density at radius 2 is 1.40 bits per heavy atom. The van der Waals surface area contributed by atoms with E-state index in [4.69, 9.17) is 5.84 Å². The van der Waals surface area contributed by atoms with Crippen LogP contribution in [0.15, 0.2) is 25.3 Å². The van der Waals surface area contributed by atoms with Gasteiger partial charge < -0.3 is 0 Å². The van der Waals surface area contributed by atoms with Crippen LogP contribution in [0, 0.1) is 0 Å². The Balaban J connectivity index is -0.000000245. The molecular formula is C6H14Cl2N2. The summed E-state index contributed by atoms with van der Waals surface area (Å²) in [5.41, 5.74) is 0. The van der Waals surface area contributed by atoms with Gasteiger partial charge in [-0.05, 0) is 0 Å². The molecule has 2 N–H and O–H groups in total. The zero-order valence-corrected chi connectivity index (χ0v) is 7.46. The van der Waals surface area contributed by atoms with E-state index >= 15 is 0 Å². The van der Waals surface area contributed by atoms with Gasteiger partial charge in [0, 0.05) is 13.1 Å². The van der Waals surface area contributed by atoms with Crippen LogP contribution in [0.1, 0.15) is 0 Å². The molecule has 62 valence electrons. The van der Waals surface area contributed by atoms with Crippen molar-refractivity contribution in [2.24, 2.45) is 5.84 Å². The van der Waals surface area contributed by atoms with Crippen LogP contribution in [0.4, 0.5) is 0 Å². The SMILES string of the molecule is C=CCN(N)CC=C.Cl.Cl. The molecule has 0 aliphatic rings. The van der Waals surface area contributed by atoms with Crippen molar-refractivity contribution in [1.82, 2.24) is 5.01 Å². The summed E-state index contributed by atoms with van der Waals surface area (Å²) in [6.45, 7) is 8.48. The third kappa shape index (κ3) is 10.9. The van der Waals surface area contributed by atoms with Crippen molar-refractivity contribution in [2.45, 2.75) is 0 Å². The van der Waals surface area contributed by atoms with Crippen molar-refractivity contribution in [3.05, 3.63) is 25.3 Å². The second-order valence-electron chi connectivity index (χ2n) is 1.53. The molecule has 0 fully saturated rings. The Kier molecular flexibility index (Phi) is 19.4. The molecule has 0 aliphatic heterocycles. The lowest BCUT2D eigenvalue weighted by atomic mass is 10.5. The van der Waals surface area contributed by atoms with Gasteiger partial charge in [-0.25, -0.2) is 5.01 Å². The predicted molar refractivity (Wildman–Crippen MR) is 50.7 cm³/mol. The highest BCUT2D eigenvalue weighted by Crippen LogP contribution is 1.75. The van der Waals surface area contributed by atoms with Crippen LogP contribution in [0.25, 0.3) is 0 Å². The first-order valence-electron chi connectivity index (χ1n) is 2.52. The molecule has 0 rings (SSSR count). The van der Waals surface area contributed by atoms with Crippen LogP contribution in [0.2, 0.25) is 0 Å². The van der Waals surface area contributed by atoms with Crippen LogP contribution in [0.3, 0.4) is 0 Å². The van der Waals surface area contributed by atoms with Crippen LogP contribution in [-0.2, 0) is 0 Å². The van der Waals surface area contributed by atoms with Crippen molar-refractivity contribution in [2.75, 3.05) is 13.1 Å². The molecule has 0 aromatic heterocycles. The molecule has 0 unspecified atom stereocenters. The molecule has 0 heterocycles. The van der Waals surface area contributed by atoms with Crippen LogP contribution < -0.4 is 5.84 Å². The van der Waals surface area contributed by atoms with Crippen LogP contribution in [0.5, 0.6) is 0 Å². The molecule has 0 bridgehead atoms. The van der Waals surface area contributed by atoms with Gasteiger partial charge in [-0.1, -0.05) is 12.2 Å². The summed E-state index contributed by atoms with van der Waals surface area (Å²) >= 11 is 0. The average molecular weight is 185 g/mol. The van der Waals surface area contributed by atoms with Gasteiger partial charge in [0.15, 0.2) is 0 Å². The summed E-state index contributed by atoms with van der Waals surface area (Å²) in [6.07, 6.45) is 3.51. The highest BCUT2D eigenvalue weighted by Gasteiger charge is 1.86. The average Bonchev–Trinajstić information content (AvgIpc) is 1.68. The fraction of sp³-hybridized carbons (Fsp3) is 0.333. The van der Waals surface area contributed by atoms with Gasteiger partial charge in [-0.15, -0.1) is 38.0 Å². The van der Waals surface area contributed by atoms with Gasteiger partial charge in [0.25, 0.3) is 0 Å². The van der Waals surface area contributed by atoms with Crippen LogP contribution >= 0.6 is 24.8 Å². The first-order valence-corrected chi connectivity index (χ1v) is 2.52. The van der Waals surface area contributed by atoms with Crippen molar-refractivity contribution in [1.29, 1.82) is 0 Å². The summed E-state index contributed by atoms with van der Waals surface area (Å²) in [4.78, 5) is 0. The molecule has 2 nitrogen and oxygen atoms in total. The van der Waals surface area contributed by atoms with E-state index in [1.165, 1.54) is 0 Å². The smallest absolute Gasteiger partial charge is 0.0310 e. The minimum absolute atomic E-state index is 0. The Morgan fingerprint density at radius 1 is 1.10 bits per heavy atom. The maximum absolute atomic E-state index is 5.39. The standard InChI is InChI=1S/C6H12N2.2ClH/c1-3-5-8(7)6-4-2;;/h3-4H,1-2,5-7H2;2*1H. The molecule has 0 radical (unpaired) electrons. The van der Waals surface area contributed by atoms with Gasteiger partial charge in [0.2, 0.25) is 0 Å². The van der Waals surface area contributed by atoms with Crippen molar-refractivity contribution in [3.8, 4) is 0 Å². The Bertz CT molecular complexity index is 75.8. The molecule has 0 spiro atoms. The monoisotopic (exact) mass is 184 g/mol. The molecule has 10 heavy (non-hydrogen) atoms. The van der Waals surface area contributed by atoms with E-state index in [0.29, 0.717) is 13.1 Å². The highest BCUT2D eigenvalue weighted by molar-refractivity contribution is 5.85. The molecule has 0 amide bonds. The number of hydrogen-bond donors (Lipinski definition) is 1. The van der Waals surface area contributed by atoms with Gasteiger partial charge in [-0.3, -0.25) is 5.84 Å². The molecule has 4 heteroatoms. The second kappa shape index (κ2) is 11.7. The summed E-state index contributed by atoms with van der Waals surface area (Å²) < 4.78 is 0. The number of halogens is 2. The molecule has 0 atom stereocenters. The van der Waals surface area contributed by atoms with E-state index in [1.807, 2.05) is 0 Å². The predicted octanol–water partition coefficient (Wildman–Crippen LogP) is 1.38. The minimum atomic E-state index is 0. The lowest BCUT2D eigenvalue weighted by Crippen LogP contribution is -2.30. The molecule has 0 saturated heterocycles. The zero-order valence-electron chi connectivity index (χ0n) is 5.82. The van der Waals surface area contributed by atoms with E-state index < -0.39 is 0 Å². The van der Waals surface area contributed by atoms with Gasteiger partial charge in [0.1, 0.15) is 0 Å². The maximum Gasteiger partial charge on any atom is 0.0310 e. The highest BCUT2D eigenvalue weighted by atomic mass is 35.5. The minimum Gasteiger partial charge on any atom is -0.268 e. The Morgan fingerprint density at radius 3 is 1.60 bits per heavy atom. The van der Waals surface area contributed by atoms with Crippen molar-refractivity contribution < 1.29 is 0 Å². The number of hydrogen-bond acceptors (Lipinski definition) is 2. The number of hydrazine groups is 1. The largest absolute Gasteiger partial charge is 0.268 e. The first-order chi connectivity index (χ1) is 3.81. The third-order valence-corrected chi connectivity index (χ3v) is 0.727. The number of nitrogens with two attached hydrogens (primary N) is 1. The lowest BCUT2D eigenvalue weighted by molar-refractivity contribution is 0.351. The van der Waals surface area contributed by atoms with Crippen molar-refractivity contribution in [3.63, 3.8) is 0 Å². The number of rotatable bonds is 4. The zero-order chi connectivity index (χ0) is 6.41. The summed E-state index contributed by atoms with van der Waals surface area (Å²) in [5, 5.41) is 1.62. The van der Waals surface area contributed by atoms with E-state index in [-0.39, 0.29) is 24.8 Å². The first kappa shape index (κ1) is 16.5. The fourth-order valence-electron chi connectivity index (χ4n) is 0.406. The van der Waals surface area contributed by atoms with E-state index in [1.54, 1.807) is 17.2 Å². The van der Waals surface area contributed by atoms with E-state index in [9.17, 15) is 0 Å². The normalized spacial score (nSPS) is 7.40. The maximum atomic E-state index is 5.39. The van der Waals surface area contributed by atoms with E-state index in [0.717, 1.165) is 0 Å². The van der Waals surface area contributed by atoms with Gasteiger partial charge in [-0.2, -0.15) is 0 Å². The summed E-state index contributed by atoms with van der Waals surface area (Å²) in [5.74, 6) is 5.39. The molecular weight excluding hydrogens is 171 g/mol. The van der Waals surface area contributed by atoms with Crippen LogP contribution in [-0.4, -0.2) is 18.1 Å². The second-order valence-corrected chi connectivity index (χ2v) is 1.53. The summed E-state index contributed by atoms with van der Waals surface area (Å²) in [7, 11) is 0. The molecule has 0 aromatic carbocycles. The van der Waals surface area contributed by atoms with Crippen molar-refractivity contribution >= 4 is 24.8 Å².